The Morgan fingerprint density at radius 1 is 0.545 bits per heavy atom. The van der Waals surface area contributed by atoms with Gasteiger partial charge in [-0.15, -0.1) is 0 Å². The van der Waals surface area contributed by atoms with Gasteiger partial charge >= 0.3 is 19.8 Å². The Morgan fingerprint density at radius 2 is 0.945 bits per heavy atom. The van der Waals surface area contributed by atoms with Crippen molar-refractivity contribution >= 4 is 19.8 Å². The van der Waals surface area contributed by atoms with Gasteiger partial charge in [-0.3, -0.25) is 18.6 Å². The Morgan fingerprint density at radius 3 is 1.47 bits per heavy atom. The molecule has 0 aliphatic heterocycles. The molecule has 318 valence electrons. The van der Waals surface area contributed by atoms with Gasteiger partial charge in [0.1, 0.15) is 12.7 Å². The van der Waals surface area contributed by atoms with Gasteiger partial charge in [-0.1, -0.05) is 132 Å². The number of allylic oxidation sites excluding steroid dienone is 10. The molecule has 0 aromatic heterocycles. The largest absolute Gasteiger partial charge is 0.472 e. The van der Waals surface area contributed by atoms with E-state index in [1.165, 1.54) is 64.2 Å². The molecule has 0 aliphatic rings. The number of phosphoric acid groups is 1. The Bertz CT molecular complexity index is 1100. The molecule has 0 heterocycles. The molecule has 55 heavy (non-hydrogen) atoms. The van der Waals surface area contributed by atoms with Gasteiger partial charge in [0.15, 0.2) is 6.10 Å². The van der Waals surface area contributed by atoms with Gasteiger partial charge in [-0.05, 0) is 83.5 Å². The average molecular weight is 797 g/mol. The summed E-state index contributed by atoms with van der Waals surface area (Å²) in [4.78, 5) is 34.9. The maximum Gasteiger partial charge on any atom is 0.472 e. The lowest BCUT2D eigenvalue weighted by atomic mass is 10.1. The van der Waals surface area contributed by atoms with Crippen LogP contribution in [0.2, 0.25) is 0 Å². The van der Waals surface area contributed by atoms with Crippen molar-refractivity contribution in [3.8, 4) is 0 Å². The van der Waals surface area contributed by atoms with Crippen molar-refractivity contribution in [3.05, 3.63) is 60.8 Å². The summed E-state index contributed by atoms with van der Waals surface area (Å²) in [6.07, 6.45) is 43.3. The molecule has 0 aliphatic carbocycles. The van der Waals surface area contributed by atoms with E-state index < -0.39 is 51.8 Å². The highest BCUT2D eigenvalue weighted by atomic mass is 31.2. The van der Waals surface area contributed by atoms with Gasteiger partial charge in [-0.25, -0.2) is 4.57 Å². The first-order chi connectivity index (χ1) is 26.7. The van der Waals surface area contributed by atoms with Crippen LogP contribution in [0.3, 0.4) is 0 Å². The minimum atomic E-state index is -4.63. The van der Waals surface area contributed by atoms with E-state index in [4.69, 9.17) is 19.1 Å². The minimum absolute atomic E-state index is 0.154. The van der Waals surface area contributed by atoms with Crippen molar-refractivity contribution in [2.24, 2.45) is 0 Å². The summed E-state index contributed by atoms with van der Waals surface area (Å²) in [5.41, 5.74) is 0. The summed E-state index contributed by atoms with van der Waals surface area (Å²) in [6.45, 7) is 2.27. The summed E-state index contributed by atoms with van der Waals surface area (Å²) < 4.78 is 32.6. The van der Waals surface area contributed by atoms with Gasteiger partial charge < -0.3 is 24.6 Å². The molecule has 0 rings (SSSR count). The highest BCUT2D eigenvalue weighted by Gasteiger charge is 2.27. The van der Waals surface area contributed by atoms with Crippen molar-refractivity contribution < 1.29 is 47.8 Å². The number of esters is 2. The maximum absolute atomic E-state index is 12.6. The quantitative estimate of drug-likeness (QED) is 0.0237. The lowest BCUT2D eigenvalue weighted by Crippen LogP contribution is -2.29. The molecule has 3 atom stereocenters. The van der Waals surface area contributed by atoms with E-state index >= 15 is 0 Å². The summed E-state index contributed by atoms with van der Waals surface area (Å²) in [6, 6.07) is 0. The van der Waals surface area contributed by atoms with Crippen LogP contribution in [0.15, 0.2) is 60.8 Å². The van der Waals surface area contributed by atoms with E-state index in [0.29, 0.717) is 12.8 Å². The molecule has 0 spiro atoms. The van der Waals surface area contributed by atoms with Gasteiger partial charge in [0.2, 0.25) is 0 Å². The lowest BCUT2D eigenvalue weighted by Gasteiger charge is -2.20. The van der Waals surface area contributed by atoms with Crippen LogP contribution in [0.5, 0.6) is 0 Å². The fourth-order valence-corrected chi connectivity index (χ4v) is 6.11. The van der Waals surface area contributed by atoms with Gasteiger partial charge in [0, 0.05) is 12.8 Å². The van der Waals surface area contributed by atoms with Gasteiger partial charge in [-0.2, -0.15) is 0 Å². The van der Waals surface area contributed by atoms with Crippen LogP contribution < -0.4 is 0 Å². The summed E-state index contributed by atoms with van der Waals surface area (Å²) in [7, 11) is -4.63. The van der Waals surface area contributed by atoms with Crippen molar-refractivity contribution in [1.82, 2.24) is 0 Å². The van der Waals surface area contributed by atoms with Crippen LogP contribution in [-0.2, 0) is 32.7 Å². The molecule has 0 aromatic carbocycles. The molecule has 0 amide bonds. The number of unbranched alkanes of at least 4 members (excludes halogenated alkanes) is 15. The van der Waals surface area contributed by atoms with Crippen LogP contribution in [0.4, 0.5) is 0 Å². The van der Waals surface area contributed by atoms with Crippen LogP contribution in [0, 0.1) is 0 Å². The number of carbonyl (C=O) groups excluding carboxylic acids is 2. The molecule has 11 heteroatoms. The molecule has 10 nitrogen and oxygen atoms in total. The van der Waals surface area contributed by atoms with E-state index in [9.17, 15) is 24.2 Å². The highest BCUT2D eigenvalue weighted by molar-refractivity contribution is 7.47. The highest BCUT2D eigenvalue weighted by Crippen LogP contribution is 2.43. The third-order valence-corrected chi connectivity index (χ3v) is 9.60. The topological polar surface area (TPSA) is 149 Å². The van der Waals surface area contributed by atoms with Crippen molar-refractivity contribution in [1.29, 1.82) is 0 Å². The zero-order chi connectivity index (χ0) is 40.5. The van der Waals surface area contributed by atoms with Crippen molar-refractivity contribution in [3.63, 3.8) is 0 Å². The van der Waals surface area contributed by atoms with E-state index in [1.54, 1.807) is 0 Å². The molecule has 0 saturated carbocycles. The molecular weight excluding hydrogens is 719 g/mol. The molecule has 0 fully saturated rings. The second kappa shape index (κ2) is 39.9. The number of hydrogen-bond acceptors (Lipinski definition) is 9. The second-order valence-electron chi connectivity index (χ2n) is 14.0. The fraction of sp³-hybridized carbons (Fsp3) is 0.727. The first kappa shape index (κ1) is 52.7. The SMILES string of the molecule is CCCCC/C=C/C/C=C/C/C=C/C/C=C/CCCCCC(=O)OC[C@@H](COP(=O)(O)OC[C@H](O)CO)OC(=O)CCCCC/C=C/CCCCCCCC. The van der Waals surface area contributed by atoms with Crippen LogP contribution in [-0.4, -0.2) is 65.7 Å². The molecular formula is C44H77O10P. The number of aliphatic hydroxyl groups excluding tert-OH is 2. The summed E-state index contributed by atoms with van der Waals surface area (Å²) >= 11 is 0. The molecule has 0 radical (unpaired) electrons. The third-order valence-electron chi connectivity index (χ3n) is 8.64. The smallest absolute Gasteiger partial charge is 0.462 e. The second-order valence-corrected chi connectivity index (χ2v) is 15.5. The zero-order valence-corrected chi connectivity index (χ0v) is 35.3. The molecule has 0 bridgehead atoms. The number of hydrogen-bond donors (Lipinski definition) is 3. The fourth-order valence-electron chi connectivity index (χ4n) is 5.32. The number of phosphoric ester groups is 1. The maximum atomic E-state index is 12.6. The molecule has 1 unspecified atom stereocenters. The van der Waals surface area contributed by atoms with Crippen LogP contribution in [0.1, 0.15) is 168 Å². The number of carbonyl (C=O) groups is 2. The van der Waals surface area contributed by atoms with Crippen molar-refractivity contribution in [2.75, 3.05) is 26.4 Å². The normalized spacial score (nSPS) is 14.5. The van der Waals surface area contributed by atoms with Crippen LogP contribution >= 0.6 is 7.82 Å². The number of aliphatic hydroxyl groups is 2. The third kappa shape index (κ3) is 39.7. The summed E-state index contributed by atoms with van der Waals surface area (Å²) in [5, 5.41) is 18.3. The number of ether oxygens (including phenoxy) is 2. The summed E-state index contributed by atoms with van der Waals surface area (Å²) in [5.74, 6) is -0.984. The molecule has 0 aromatic rings. The molecule has 3 N–H and O–H groups in total. The average Bonchev–Trinajstić information content (AvgIpc) is 3.17. The predicted octanol–water partition coefficient (Wildman–Crippen LogP) is 11.1. The first-order valence-electron chi connectivity index (χ1n) is 21.2. The Hall–Kier alpha value is -2.33. The van der Waals surface area contributed by atoms with E-state index in [-0.39, 0.29) is 19.4 Å². The standard InChI is InChI=1S/C44H77O10P/c1-3-5-7-9-11-13-15-17-18-19-20-21-22-24-25-27-29-31-33-35-43(47)51-39-42(40-53-55(49,50)52-38-41(46)37-45)54-44(48)36-34-32-30-28-26-23-16-14-12-10-8-6-4-2/h11,13,17-18,20-21,23-26,41-42,45-46H,3-10,12,14-16,19,22,27-40H2,1-2H3,(H,49,50)/b13-11+,18-17+,21-20+,25-24+,26-23+/t41-,42+/m1/s1. The predicted molar refractivity (Wildman–Crippen MR) is 224 cm³/mol. The van der Waals surface area contributed by atoms with Gasteiger partial charge in [0.25, 0.3) is 0 Å². The van der Waals surface area contributed by atoms with Crippen molar-refractivity contribution in [2.45, 2.75) is 180 Å². The van der Waals surface area contributed by atoms with Gasteiger partial charge in [0.05, 0.1) is 19.8 Å². The Balaban J connectivity index is 4.39. The Labute approximate surface area is 334 Å². The zero-order valence-electron chi connectivity index (χ0n) is 34.4. The molecule has 0 saturated heterocycles. The van der Waals surface area contributed by atoms with Crippen LogP contribution in [0.25, 0.3) is 0 Å². The first-order valence-corrected chi connectivity index (χ1v) is 22.7. The number of rotatable bonds is 39. The van der Waals surface area contributed by atoms with E-state index in [0.717, 1.165) is 64.2 Å². The van der Waals surface area contributed by atoms with E-state index in [1.807, 2.05) is 0 Å². The van der Waals surface area contributed by atoms with E-state index in [2.05, 4.69) is 79.1 Å². The monoisotopic (exact) mass is 797 g/mol. The Kier molecular flexibility index (Phi) is 38.2. The lowest BCUT2D eigenvalue weighted by molar-refractivity contribution is -0.161. The minimum Gasteiger partial charge on any atom is -0.462 e.